The van der Waals surface area contributed by atoms with Crippen LogP contribution in [-0.2, 0) is 49.7 Å². The fourth-order valence-electron chi connectivity index (χ4n) is 4.13. The van der Waals surface area contributed by atoms with Gasteiger partial charge in [0.2, 0.25) is 11.8 Å². The van der Waals surface area contributed by atoms with Gasteiger partial charge < -0.3 is 55.6 Å². The van der Waals surface area contributed by atoms with Crippen LogP contribution in [0.15, 0.2) is 29.4 Å². The lowest BCUT2D eigenvalue weighted by Gasteiger charge is -2.44. The van der Waals surface area contributed by atoms with Crippen molar-refractivity contribution in [2.24, 2.45) is 5.16 Å². The molecule has 47 heavy (non-hydrogen) atoms. The number of carboxylic acid groups (broad SMARTS) is 1. The monoisotopic (exact) mass is 691 g/mol. The molecule has 1 fully saturated rings. The van der Waals surface area contributed by atoms with Crippen molar-refractivity contribution in [1.82, 2.24) is 5.32 Å². The Morgan fingerprint density at radius 3 is 2.38 bits per heavy atom. The van der Waals surface area contributed by atoms with Crippen molar-refractivity contribution < 1.29 is 76.5 Å². The summed E-state index contributed by atoms with van der Waals surface area (Å²) in [5.74, 6) is -0.599. The molecule has 0 bridgehead atoms. The Hall–Kier alpha value is -3.75. The highest BCUT2D eigenvalue weighted by atomic mass is 32.3. The average molecular weight is 692 g/mol. The molecule has 0 aliphatic carbocycles. The Bertz CT molecular complexity index is 1370. The van der Waals surface area contributed by atoms with Gasteiger partial charge in [-0.2, -0.15) is 8.42 Å². The number of benzene rings is 1. The van der Waals surface area contributed by atoms with E-state index in [1.807, 2.05) is 0 Å². The quantitative estimate of drug-likeness (QED) is 0.0242. The second-order valence-corrected chi connectivity index (χ2v) is 11.2. The summed E-state index contributed by atoms with van der Waals surface area (Å²) in [6, 6.07) is 5.07. The first-order chi connectivity index (χ1) is 22.0. The minimum absolute atomic E-state index is 0.0214. The van der Waals surface area contributed by atoms with Crippen LogP contribution in [0.2, 0.25) is 0 Å². The molecule has 1 heterocycles. The van der Waals surface area contributed by atoms with Crippen molar-refractivity contribution in [2.45, 2.75) is 81.2 Å². The fraction of sp³-hybridized carbons (Fsp3) is 0.556. The predicted octanol–water partition coefficient (Wildman–Crippen LogP) is -3.09. The Balaban J connectivity index is 2.07. The maximum atomic E-state index is 11.8. The molecule has 262 valence electrons. The van der Waals surface area contributed by atoms with E-state index in [1.165, 1.54) is 0 Å². The molecular weight excluding hydrogens is 654 g/mol. The molecule has 9 N–H and O–H groups in total. The topological polar surface area (TPSA) is 300 Å². The third kappa shape index (κ3) is 13.1. The number of amides is 2. The van der Waals surface area contributed by atoms with E-state index in [4.69, 9.17) is 25.3 Å². The van der Waals surface area contributed by atoms with Gasteiger partial charge in [-0.1, -0.05) is 17.3 Å². The molecule has 0 aromatic heterocycles. The maximum Gasteiger partial charge on any atom is 0.397 e. The number of ether oxygens (including phenoxy) is 2. The Morgan fingerprint density at radius 2 is 1.81 bits per heavy atom. The molecule has 4 unspecified atom stereocenters. The molecule has 20 heteroatoms. The van der Waals surface area contributed by atoms with Gasteiger partial charge in [-0.25, -0.2) is 8.98 Å². The summed E-state index contributed by atoms with van der Waals surface area (Å²) in [4.78, 5) is 40.1. The largest absolute Gasteiger partial charge is 0.479 e. The van der Waals surface area contributed by atoms with E-state index in [0.29, 0.717) is 24.7 Å². The summed E-state index contributed by atoms with van der Waals surface area (Å²) in [5.41, 5.74) is 1.34. The summed E-state index contributed by atoms with van der Waals surface area (Å²) in [6.07, 6.45) is -10.2. The molecule has 1 saturated heterocycles. The molecule has 1 aliphatic heterocycles. The van der Waals surface area contributed by atoms with Crippen molar-refractivity contribution in [3.8, 4) is 12.3 Å². The van der Waals surface area contributed by atoms with Crippen LogP contribution in [0.3, 0.4) is 0 Å². The van der Waals surface area contributed by atoms with Gasteiger partial charge in [0.05, 0.1) is 12.8 Å². The van der Waals surface area contributed by atoms with Crippen molar-refractivity contribution in [3.63, 3.8) is 0 Å². The maximum absolute atomic E-state index is 11.8. The lowest BCUT2D eigenvalue weighted by atomic mass is 9.96. The number of aliphatic hydroxyl groups is 5. The van der Waals surface area contributed by atoms with Gasteiger partial charge in [0.1, 0.15) is 49.3 Å². The van der Waals surface area contributed by atoms with Gasteiger partial charge in [-0.3, -0.25) is 14.1 Å². The number of rotatable bonds is 18. The van der Waals surface area contributed by atoms with Crippen LogP contribution in [0.5, 0.6) is 0 Å². The zero-order valence-electron chi connectivity index (χ0n) is 24.9. The van der Waals surface area contributed by atoms with Crippen molar-refractivity contribution in [1.29, 1.82) is 0 Å². The normalized spacial score (nSPS) is 24.0. The van der Waals surface area contributed by atoms with Crippen LogP contribution < -0.4 is 10.6 Å². The minimum atomic E-state index is -5.04. The molecule has 2 rings (SSSR count). The number of anilines is 1. The SMILES string of the molecule is C#CCCC(=O)Nc1ccc(CCO/N=C\C(O)[C@@H](O)[C@H](O[C@@H]2OC(COS(=O)(=O)O)[C@@H](O)[C@H](O)C2NC(C)=O)C(O)C(=O)O)cc1. The molecule has 1 aliphatic rings. The molecule has 2 amide bonds. The molecule has 0 spiro atoms. The number of aliphatic hydroxyl groups excluding tert-OH is 5. The fourth-order valence-corrected chi connectivity index (χ4v) is 4.44. The van der Waals surface area contributed by atoms with Crippen LogP contribution >= 0.6 is 0 Å². The van der Waals surface area contributed by atoms with E-state index in [0.717, 1.165) is 12.5 Å². The lowest BCUT2D eigenvalue weighted by Crippen LogP contribution is -2.66. The number of oxime groups is 1. The first kappa shape index (κ1) is 39.4. The smallest absolute Gasteiger partial charge is 0.397 e. The molecule has 9 atom stereocenters. The van der Waals surface area contributed by atoms with E-state index < -0.39 is 83.9 Å². The highest BCUT2D eigenvalue weighted by Crippen LogP contribution is 2.26. The zero-order chi connectivity index (χ0) is 35.3. The number of carbonyl (C=O) groups excluding carboxylic acids is 2. The first-order valence-electron chi connectivity index (χ1n) is 13.8. The molecule has 19 nitrogen and oxygen atoms in total. The standard InChI is InChI=1S/C27H37N3O16S/c1-3-4-5-19(33)30-16-8-6-15(7-9-16)10-11-43-28-12-17(32)21(34)25(24(37)26(38)39)46-27-20(29-14(2)31)23(36)22(35)18(45-27)13-44-47(40,41)42/h1,6-9,12,17-18,20-25,27,32,34-37H,4-5,10-11,13H2,2H3,(H,29,31)(H,30,33)(H,38,39)(H,40,41,42)/b28-12-/t17?,18?,20?,21-,22-,23-,24?,25+,27+/m1/s1. The van der Waals surface area contributed by atoms with Crippen LogP contribution in [0.4, 0.5) is 5.69 Å². The molecule has 1 aromatic carbocycles. The van der Waals surface area contributed by atoms with Crippen molar-refractivity contribution >= 4 is 40.1 Å². The molecular formula is C27H37N3O16S. The van der Waals surface area contributed by atoms with Crippen LogP contribution in [0.25, 0.3) is 0 Å². The highest BCUT2D eigenvalue weighted by molar-refractivity contribution is 7.80. The third-order valence-electron chi connectivity index (χ3n) is 6.50. The number of aliphatic carboxylic acids is 1. The number of nitrogens with zero attached hydrogens (tertiary/aromatic N) is 1. The third-order valence-corrected chi connectivity index (χ3v) is 6.93. The number of hydrogen-bond acceptors (Lipinski definition) is 15. The zero-order valence-corrected chi connectivity index (χ0v) is 25.7. The van der Waals surface area contributed by atoms with Gasteiger partial charge in [0, 0.05) is 31.9 Å². The number of nitrogens with one attached hydrogen (secondary N) is 2. The van der Waals surface area contributed by atoms with Crippen LogP contribution in [0.1, 0.15) is 25.3 Å². The Kier molecular flexibility index (Phi) is 15.6. The second-order valence-electron chi connectivity index (χ2n) is 10.1. The highest BCUT2D eigenvalue weighted by Gasteiger charge is 2.49. The van der Waals surface area contributed by atoms with Gasteiger partial charge in [0.15, 0.2) is 12.4 Å². The van der Waals surface area contributed by atoms with E-state index in [9.17, 15) is 53.4 Å². The minimum Gasteiger partial charge on any atom is -0.479 e. The predicted molar refractivity (Wildman–Crippen MR) is 158 cm³/mol. The summed E-state index contributed by atoms with van der Waals surface area (Å²) in [5, 5.41) is 70.0. The van der Waals surface area contributed by atoms with Gasteiger partial charge >= 0.3 is 16.4 Å². The van der Waals surface area contributed by atoms with E-state index in [1.54, 1.807) is 24.3 Å². The Labute approximate surface area is 269 Å². The summed E-state index contributed by atoms with van der Waals surface area (Å²) in [6.45, 7) is -0.105. The molecule has 0 radical (unpaired) electrons. The Morgan fingerprint density at radius 1 is 1.15 bits per heavy atom. The number of hydrogen-bond donors (Lipinski definition) is 9. The van der Waals surface area contributed by atoms with Crippen LogP contribution in [-0.4, -0.2) is 136 Å². The molecule has 0 saturated carbocycles. The van der Waals surface area contributed by atoms with E-state index in [-0.39, 0.29) is 18.9 Å². The first-order valence-corrected chi connectivity index (χ1v) is 15.2. The lowest BCUT2D eigenvalue weighted by molar-refractivity contribution is -0.297. The van der Waals surface area contributed by atoms with Gasteiger partial charge in [-0.15, -0.1) is 12.3 Å². The number of terminal acetylenes is 1. The van der Waals surface area contributed by atoms with Gasteiger partial charge in [-0.05, 0) is 17.7 Å². The summed E-state index contributed by atoms with van der Waals surface area (Å²) in [7, 11) is -5.04. The summed E-state index contributed by atoms with van der Waals surface area (Å²) < 4.78 is 45.7. The van der Waals surface area contributed by atoms with Crippen molar-refractivity contribution in [2.75, 3.05) is 18.5 Å². The average Bonchev–Trinajstić information content (AvgIpc) is 3.00. The summed E-state index contributed by atoms with van der Waals surface area (Å²) >= 11 is 0. The van der Waals surface area contributed by atoms with E-state index in [2.05, 4.69) is 25.9 Å². The van der Waals surface area contributed by atoms with E-state index >= 15 is 0 Å². The van der Waals surface area contributed by atoms with Gasteiger partial charge in [0.25, 0.3) is 0 Å². The number of carbonyl (C=O) groups is 3. The second kappa shape index (κ2) is 18.6. The number of carboxylic acids is 1. The van der Waals surface area contributed by atoms with Crippen LogP contribution in [0, 0.1) is 12.3 Å². The molecule has 1 aromatic rings. The van der Waals surface area contributed by atoms with Crippen molar-refractivity contribution in [3.05, 3.63) is 29.8 Å².